The van der Waals surface area contributed by atoms with Crippen molar-refractivity contribution in [2.75, 3.05) is 45.3 Å². The number of aryl methyl sites for hydroxylation is 2. The smallest absolute Gasteiger partial charge is 0.274 e. The molecule has 8 nitrogen and oxygen atoms in total. The van der Waals surface area contributed by atoms with Crippen LogP contribution >= 0.6 is 11.6 Å². The average Bonchev–Trinajstić information content (AvgIpc) is 3.18. The molecule has 2 heterocycles. The Morgan fingerprint density at radius 2 is 1.76 bits per heavy atom. The molecule has 5 N–H and O–H groups in total. The number of hydrogen-bond donors (Lipinski definition) is 3. The van der Waals surface area contributed by atoms with Gasteiger partial charge in [0.25, 0.3) is 5.91 Å². The van der Waals surface area contributed by atoms with E-state index in [-0.39, 0.29) is 46.8 Å². The number of quaternary nitrogens is 1. The molecule has 3 atom stereocenters. The van der Waals surface area contributed by atoms with E-state index in [4.69, 9.17) is 27.8 Å². The Kier molecular flexibility index (Phi) is 9.23. The molecule has 10 heteroatoms. The zero-order valence-electron chi connectivity index (χ0n) is 21.4. The van der Waals surface area contributed by atoms with Gasteiger partial charge in [0.05, 0.1) is 45.8 Å². The Hall–Kier alpha value is -3.07. The van der Waals surface area contributed by atoms with Gasteiger partial charge in [-0.2, -0.15) is 0 Å². The Morgan fingerprint density at radius 3 is 2.41 bits per heavy atom. The van der Waals surface area contributed by atoms with Gasteiger partial charge < -0.3 is 38.4 Å². The fourth-order valence-electron chi connectivity index (χ4n) is 5.06. The summed E-state index contributed by atoms with van der Waals surface area (Å²) in [6.07, 6.45) is 2.02. The number of amides is 1. The third-order valence-corrected chi connectivity index (χ3v) is 7.30. The van der Waals surface area contributed by atoms with Crippen LogP contribution in [0.1, 0.15) is 39.5 Å². The number of carbonyl (C=O) groups is 1. The molecule has 3 aromatic rings. The molecule has 2 aromatic carbocycles. The molecule has 1 fully saturated rings. The molecule has 1 saturated heterocycles. The number of likely N-dealkylation sites (N-methyl/N-ethyl adjacent to an activating group) is 1. The largest absolute Gasteiger partial charge is 1.00 e. The minimum Gasteiger partial charge on any atom is -1.00 e. The van der Waals surface area contributed by atoms with Gasteiger partial charge in [0, 0.05) is 6.42 Å². The second-order valence-corrected chi connectivity index (χ2v) is 10.2. The summed E-state index contributed by atoms with van der Waals surface area (Å²) in [7, 11) is 3.94. The van der Waals surface area contributed by atoms with Gasteiger partial charge in [-0.3, -0.25) is 4.79 Å². The van der Waals surface area contributed by atoms with Gasteiger partial charge in [0.15, 0.2) is 22.5 Å². The summed E-state index contributed by atoms with van der Waals surface area (Å²) < 4.78 is 6.11. The van der Waals surface area contributed by atoms with Gasteiger partial charge in [-0.15, -0.1) is 0 Å². The predicted molar refractivity (Wildman–Crippen MR) is 143 cm³/mol. The van der Waals surface area contributed by atoms with Crippen LogP contribution in [0.2, 0.25) is 5.15 Å². The highest BCUT2D eigenvalue weighted by molar-refractivity contribution is 6.31. The number of ether oxygens (including phenoxy) is 1. The summed E-state index contributed by atoms with van der Waals surface area (Å²) in [6, 6.07) is 16.7. The van der Waals surface area contributed by atoms with Gasteiger partial charge >= 0.3 is 0 Å². The molecule has 0 bridgehead atoms. The first-order valence-electron chi connectivity index (χ1n) is 12.1. The molecule has 4 rings (SSSR count). The van der Waals surface area contributed by atoms with Crippen LogP contribution in [-0.4, -0.2) is 60.2 Å². The van der Waals surface area contributed by atoms with Crippen molar-refractivity contribution in [3.05, 3.63) is 76.1 Å². The summed E-state index contributed by atoms with van der Waals surface area (Å²) >= 11 is 6.01. The highest BCUT2D eigenvalue weighted by atomic mass is 35.5. The van der Waals surface area contributed by atoms with Gasteiger partial charge in [-0.1, -0.05) is 53.6 Å². The van der Waals surface area contributed by atoms with Crippen molar-refractivity contribution in [2.24, 2.45) is 0 Å². The van der Waals surface area contributed by atoms with Crippen molar-refractivity contribution in [1.82, 2.24) is 15.3 Å². The number of nitrogens with two attached hydrogens (primary N) is 2. The number of nitrogen functional groups attached to an aromatic ring is 2. The number of benzene rings is 2. The molecule has 0 radical (unpaired) electrons. The summed E-state index contributed by atoms with van der Waals surface area (Å²) in [5.74, 6) is 0.598. The minimum absolute atomic E-state index is 0. The monoisotopic (exact) mass is 544 g/mol. The van der Waals surface area contributed by atoms with Crippen LogP contribution in [0, 0.1) is 6.92 Å². The number of carbonyl (C=O) groups excluding carboxylic acids is 1. The molecule has 0 spiro atoms. The number of halogens is 2. The third kappa shape index (κ3) is 6.83. The van der Waals surface area contributed by atoms with E-state index >= 15 is 0 Å². The van der Waals surface area contributed by atoms with Gasteiger partial charge in [0.1, 0.15) is 5.75 Å². The highest BCUT2D eigenvalue weighted by Crippen LogP contribution is 2.33. The van der Waals surface area contributed by atoms with E-state index in [9.17, 15) is 4.79 Å². The molecule has 1 amide bonds. The number of hydrogen-bond acceptors (Lipinski definition) is 6. The third-order valence-electron chi connectivity index (χ3n) is 7.03. The fourth-order valence-corrected chi connectivity index (χ4v) is 5.19. The quantitative estimate of drug-likeness (QED) is 0.357. The van der Waals surface area contributed by atoms with Crippen LogP contribution in [0.25, 0.3) is 0 Å². The Balaban J connectivity index is 0.00000380. The maximum absolute atomic E-state index is 13.2. The van der Waals surface area contributed by atoms with Crippen LogP contribution in [0.4, 0.5) is 11.6 Å². The molecular formula is C27H34Cl2N6O2. The lowest BCUT2D eigenvalue weighted by Gasteiger charge is -2.30. The lowest BCUT2D eigenvalue weighted by Crippen LogP contribution is -3.00. The van der Waals surface area contributed by atoms with Crippen molar-refractivity contribution >= 4 is 29.1 Å². The molecule has 1 aliphatic heterocycles. The molecule has 0 aliphatic carbocycles. The molecular weight excluding hydrogens is 511 g/mol. The number of nitrogens with one attached hydrogen (secondary N) is 1. The highest BCUT2D eigenvalue weighted by Gasteiger charge is 2.44. The van der Waals surface area contributed by atoms with Gasteiger partial charge in [-0.25, -0.2) is 9.97 Å². The molecule has 2 unspecified atom stereocenters. The Morgan fingerprint density at radius 1 is 1.08 bits per heavy atom. The summed E-state index contributed by atoms with van der Waals surface area (Å²) in [5, 5.41) is 3.14. The van der Waals surface area contributed by atoms with E-state index in [1.54, 1.807) is 7.11 Å². The number of methoxy groups -OCH3 is 1. The first kappa shape index (κ1) is 28.5. The van der Waals surface area contributed by atoms with E-state index in [0.29, 0.717) is 0 Å². The maximum Gasteiger partial charge on any atom is 0.274 e. The first-order valence-corrected chi connectivity index (χ1v) is 12.5. The van der Waals surface area contributed by atoms with E-state index in [0.717, 1.165) is 42.7 Å². The predicted octanol–water partition coefficient (Wildman–Crippen LogP) is 0.591. The number of rotatable bonds is 8. The SMILES string of the molecule is COc1ccc(CCC[N+]2(C)CC(NC(=O)c3nc(Cl)c(N)nc3N)[C@H](c3ccc(C)cc3)C2)cc1.[Cl-]. The number of aromatic nitrogens is 2. The summed E-state index contributed by atoms with van der Waals surface area (Å²) in [4.78, 5) is 21.2. The van der Waals surface area contributed by atoms with Gasteiger partial charge in [-0.05, 0) is 36.6 Å². The normalized spacial score (nSPS) is 20.8. The molecule has 198 valence electrons. The number of nitrogens with zero attached hydrogens (tertiary/aromatic N) is 3. The summed E-state index contributed by atoms with van der Waals surface area (Å²) in [5.41, 5.74) is 15.3. The molecule has 1 aliphatic rings. The van der Waals surface area contributed by atoms with Crippen molar-refractivity contribution in [3.63, 3.8) is 0 Å². The van der Waals surface area contributed by atoms with E-state index in [2.05, 4.69) is 65.7 Å². The zero-order chi connectivity index (χ0) is 25.9. The zero-order valence-corrected chi connectivity index (χ0v) is 22.9. The van der Waals surface area contributed by atoms with Crippen LogP contribution in [0.5, 0.6) is 5.75 Å². The Bertz CT molecular complexity index is 1220. The van der Waals surface area contributed by atoms with Crippen molar-refractivity contribution in [2.45, 2.75) is 31.7 Å². The maximum atomic E-state index is 13.2. The van der Waals surface area contributed by atoms with Crippen molar-refractivity contribution < 1.29 is 26.4 Å². The van der Waals surface area contributed by atoms with E-state index in [1.807, 2.05) is 12.1 Å². The fraction of sp³-hybridized carbons (Fsp3) is 0.370. The Labute approximate surface area is 229 Å². The lowest BCUT2D eigenvalue weighted by atomic mass is 9.93. The molecule has 37 heavy (non-hydrogen) atoms. The van der Waals surface area contributed by atoms with E-state index < -0.39 is 5.91 Å². The first-order chi connectivity index (χ1) is 17.2. The molecule has 0 saturated carbocycles. The molecule has 1 aromatic heterocycles. The number of likely N-dealkylation sites (tertiary alicyclic amines) is 1. The van der Waals surface area contributed by atoms with Crippen LogP contribution in [-0.2, 0) is 6.42 Å². The minimum atomic E-state index is -0.393. The standard InChI is InChI=1S/C27H33ClN6O2.ClH/c1-17-6-10-19(11-7-17)21-15-34(2,14-4-5-18-8-12-20(36-3)13-9-18)16-22(21)31-27(35)23-25(29)33-26(30)24(28)32-23;/h6-13,21-22H,4-5,14-16H2,1-3H3,(H4-,29,30,31,33,35);1H/t21-,22?,34?;/m0./s1. The lowest BCUT2D eigenvalue weighted by molar-refractivity contribution is -0.898. The van der Waals surface area contributed by atoms with Crippen molar-refractivity contribution in [1.29, 1.82) is 0 Å². The van der Waals surface area contributed by atoms with Crippen LogP contribution in [0.3, 0.4) is 0 Å². The van der Waals surface area contributed by atoms with E-state index in [1.165, 1.54) is 16.7 Å². The second kappa shape index (κ2) is 12.0. The van der Waals surface area contributed by atoms with Crippen molar-refractivity contribution in [3.8, 4) is 5.75 Å². The van der Waals surface area contributed by atoms with Gasteiger partial charge in [0.2, 0.25) is 0 Å². The topological polar surface area (TPSA) is 116 Å². The van der Waals surface area contributed by atoms with Crippen LogP contribution < -0.4 is 33.9 Å². The number of anilines is 2. The summed E-state index contributed by atoms with van der Waals surface area (Å²) in [6.45, 7) is 4.78. The second-order valence-electron chi connectivity index (χ2n) is 9.89. The average molecular weight is 546 g/mol. The van der Waals surface area contributed by atoms with Crippen LogP contribution in [0.15, 0.2) is 48.5 Å².